The van der Waals surface area contributed by atoms with Gasteiger partial charge in [-0.1, -0.05) is 24.3 Å². The van der Waals surface area contributed by atoms with Crippen LogP contribution in [0.5, 0.6) is 0 Å². The van der Waals surface area contributed by atoms with Crippen LogP contribution in [0.4, 0.5) is 5.82 Å². The van der Waals surface area contributed by atoms with Gasteiger partial charge in [-0.25, -0.2) is 39.5 Å². The Morgan fingerprint density at radius 2 is 1.03 bits per heavy atom. The van der Waals surface area contributed by atoms with Gasteiger partial charge >= 0.3 is 11.9 Å². The van der Waals surface area contributed by atoms with Gasteiger partial charge in [-0.2, -0.15) is 0 Å². The Bertz CT molecular complexity index is 3240. The highest BCUT2D eigenvalue weighted by atomic mass is 16.4. The Kier molecular flexibility index (Phi) is 10.9. The molecule has 6 N–H and O–H groups in total. The van der Waals surface area contributed by atoms with Gasteiger partial charge in [0.25, 0.3) is 5.91 Å². The number of aromatic carboxylic acids is 2. The van der Waals surface area contributed by atoms with Crippen LogP contribution in [0.1, 0.15) is 90.5 Å². The first-order valence-electron chi connectivity index (χ1n) is 24.0. The molecule has 0 aromatic carbocycles. The van der Waals surface area contributed by atoms with E-state index in [1.807, 2.05) is 18.2 Å². The highest BCUT2D eigenvalue weighted by Crippen LogP contribution is 2.37. The number of hydrogen-bond acceptors (Lipinski definition) is 14. The van der Waals surface area contributed by atoms with Crippen molar-refractivity contribution in [3.8, 4) is 34.2 Å². The third kappa shape index (κ3) is 7.98. The smallest absolute Gasteiger partial charge is 0.354 e. The van der Waals surface area contributed by atoms with Gasteiger partial charge in [0.15, 0.2) is 5.65 Å². The summed E-state index contributed by atoms with van der Waals surface area (Å²) in [4.78, 5) is 97.5. The lowest BCUT2D eigenvalue weighted by molar-refractivity contribution is -0.127. The zero-order valence-electron chi connectivity index (χ0n) is 38.0. The molecule has 3 aliphatic carbocycles. The Morgan fingerprint density at radius 3 is 1.60 bits per heavy atom. The quantitative estimate of drug-likeness (QED) is 0.134. The van der Waals surface area contributed by atoms with Crippen LogP contribution in [0.2, 0.25) is 0 Å². The molecule has 0 spiro atoms. The zero-order valence-corrected chi connectivity index (χ0v) is 38.0. The van der Waals surface area contributed by atoms with Crippen molar-refractivity contribution >= 4 is 46.5 Å². The molecule has 3 amide bonds. The number of aromatic nitrogens is 6. The molecule has 4 atom stereocenters. The molecule has 9 heterocycles. The minimum absolute atomic E-state index is 0.0347. The highest BCUT2D eigenvalue weighted by Gasteiger charge is 2.39. The summed E-state index contributed by atoms with van der Waals surface area (Å²) in [6.07, 6.45) is 6.59. The van der Waals surface area contributed by atoms with E-state index < -0.39 is 30.3 Å². The number of carbonyl (C=O) groups excluding carboxylic acids is 3. The van der Waals surface area contributed by atoms with E-state index >= 15 is 0 Å². The second-order valence-corrected chi connectivity index (χ2v) is 19.0. The fraction of sp³-hybridized carbons (Fsp3) is 0.353. The molecule has 3 fully saturated rings. The van der Waals surface area contributed by atoms with Crippen molar-refractivity contribution in [1.29, 1.82) is 0 Å². The lowest BCUT2D eigenvalue weighted by atomic mass is 9.89. The van der Waals surface area contributed by atoms with Gasteiger partial charge in [-0.15, -0.1) is 0 Å². The van der Waals surface area contributed by atoms with Crippen molar-refractivity contribution in [2.45, 2.75) is 88.6 Å². The van der Waals surface area contributed by atoms with Gasteiger partial charge in [-0.05, 0) is 134 Å². The molecule has 0 bridgehead atoms. The summed E-state index contributed by atoms with van der Waals surface area (Å²) in [6.45, 7) is 2.15. The van der Waals surface area contributed by atoms with Gasteiger partial charge in [0.05, 0.1) is 46.2 Å². The molecule has 70 heavy (non-hydrogen) atoms. The molecule has 3 saturated heterocycles. The SMILES string of the molecule is O=C(O)c1ccc2c(n1)-c1nc(NC(=O)C3CCN4CCC(C(=O)NC5CCCN(C(=O)c6ccc7c(n6)-c6nc8nc9c(cc8cc6CC7)CCc6ccc(C(=O)O)nc6-9)C5)NC4N3)ccc1CC2. The van der Waals surface area contributed by atoms with E-state index in [1.165, 1.54) is 12.1 Å². The number of aryl methyl sites for hydroxylation is 6. The number of nitrogens with one attached hydrogen (secondary N) is 4. The number of carboxylic acids is 2. The second kappa shape index (κ2) is 17.4. The normalized spacial score (nSPS) is 21.1. The van der Waals surface area contributed by atoms with Gasteiger partial charge in [0, 0.05) is 37.6 Å². The fourth-order valence-corrected chi connectivity index (χ4v) is 10.9. The number of rotatable bonds is 7. The molecule has 354 valence electrons. The van der Waals surface area contributed by atoms with Crippen molar-refractivity contribution in [3.63, 3.8) is 0 Å². The summed E-state index contributed by atoms with van der Waals surface area (Å²) >= 11 is 0. The number of piperidine rings is 1. The summed E-state index contributed by atoms with van der Waals surface area (Å²) in [5, 5.41) is 33.0. The molecule has 19 heteroatoms. The van der Waals surface area contributed by atoms with Crippen molar-refractivity contribution in [3.05, 3.63) is 111 Å². The van der Waals surface area contributed by atoms with E-state index in [0.29, 0.717) is 103 Å². The number of fused-ring (bicyclic) bond motifs is 11. The first-order valence-corrected chi connectivity index (χ1v) is 24.0. The maximum atomic E-state index is 14.2. The van der Waals surface area contributed by atoms with Crippen LogP contribution in [-0.2, 0) is 48.1 Å². The lowest BCUT2D eigenvalue weighted by Crippen LogP contribution is -2.71. The molecule has 0 radical (unpaired) electrons. The van der Waals surface area contributed by atoms with E-state index in [1.54, 1.807) is 23.1 Å². The number of carboxylic acid groups (broad SMARTS) is 2. The van der Waals surface area contributed by atoms with E-state index in [-0.39, 0.29) is 35.2 Å². The van der Waals surface area contributed by atoms with Crippen LogP contribution >= 0.6 is 0 Å². The summed E-state index contributed by atoms with van der Waals surface area (Å²) < 4.78 is 0. The Hall–Kier alpha value is -7.61. The van der Waals surface area contributed by atoms with Crippen molar-refractivity contribution in [2.75, 3.05) is 31.5 Å². The number of amides is 3. The molecule has 12 rings (SSSR count). The van der Waals surface area contributed by atoms with Crippen LogP contribution in [0, 0.1) is 0 Å². The van der Waals surface area contributed by atoms with E-state index in [9.17, 15) is 34.2 Å². The van der Waals surface area contributed by atoms with Crippen molar-refractivity contribution in [1.82, 2.24) is 55.7 Å². The second-order valence-electron chi connectivity index (χ2n) is 19.0. The van der Waals surface area contributed by atoms with Gasteiger partial charge in [0.1, 0.15) is 29.2 Å². The number of carbonyl (C=O) groups is 5. The number of anilines is 1. The Morgan fingerprint density at radius 1 is 0.543 bits per heavy atom. The molecule has 0 saturated carbocycles. The third-order valence-corrected chi connectivity index (χ3v) is 14.6. The maximum Gasteiger partial charge on any atom is 0.354 e. The zero-order chi connectivity index (χ0) is 47.8. The lowest BCUT2D eigenvalue weighted by Gasteiger charge is -2.45. The number of hydrogen-bond donors (Lipinski definition) is 6. The Labute approximate surface area is 400 Å². The Balaban J connectivity index is 0.693. The number of pyridine rings is 6. The first-order chi connectivity index (χ1) is 34.0. The summed E-state index contributed by atoms with van der Waals surface area (Å²) in [7, 11) is 0. The standard InChI is InChI=1S/C51H48N12O7/c64-46(33-17-20-62-21-18-34(57-51(62)56-33)47(65)59-38-16-12-28-4-3-25-10-14-36(49(67)68)54-39(25)42(28)58-38)52-32-2-1-19-63(24-32)48(66)35-13-9-26-5-7-29-22-31-23-30-8-6-27-11-15-37(50(69)70)55-41(27)44(30)61-45(31)60-43(29)40(26)53-35/h9-16,22-23,32-34,51,56-57H,1-8,17-21,24H2,(H,52,64)(H,67,68)(H,69,70)(H,58,59,65). The predicted octanol–water partition coefficient (Wildman–Crippen LogP) is 3.57. The van der Waals surface area contributed by atoms with Crippen LogP contribution < -0.4 is 21.3 Å². The maximum absolute atomic E-state index is 14.2. The van der Waals surface area contributed by atoms with E-state index in [2.05, 4.69) is 48.3 Å². The summed E-state index contributed by atoms with van der Waals surface area (Å²) in [5.74, 6) is -2.52. The van der Waals surface area contributed by atoms with Crippen molar-refractivity contribution < 1.29 is 34.2 Å². The van der Waals surface area contributed by atoms with E-state index in [0.717, 1.165) is 77.3 Å². The topological polar surface area (TPSA) is 258 Å². The molecular formula is C51H48N12O7. The number of nitrogens with zero attached hydrogens (tertiary/aromatic N) is 8. The minimum Gasteiger partial charge on any atom is -0.477 e. The number of likely N-dealkylation sites (tertiary alicyclic amines) is 1. The molecule has 4 unspecified atom stereocenters. The van der Waals surface area contributed by atoms with Gasteiger partial charge in [-0.3, -0.25) is 29.9 Å². The first kappa shape index (κ1) is 43.7. The molecule has 6 aromatic rings. The average molecular weight is 941 g/mol. The van der Waals surface area contributed by atoms with Crippen LogP contribution in [0.3, 0.4) is 0 Å². The highest BCUT2D eigenvalue weighted by molar-refractivity contribution is 5.95. The molecule has 6 aromatic heterocycles. The molecule has 3 aliphatic heterocycles. The van der Waals surface area contributed by atoms with Crippen molar-refractivity contribution in [2.24, 2.45) is 0 Å². The minimum atomic E-state index is -1.12. The van der Waals surface area contributed by atoms with Gasteiger partial charge in [0.2, 0.25) is 11.8 Å². The van der Waals surface area contributed by atoms with Crippen LogP contribution in [0.15, 0.2) is 60.7 Å². The summed E-state index contributed by atoms with van der Waals surface area (Å²) in [5.41, 5.74) is 10.1. The van der Waals surface area contributed by atoms with Gasteiger partial charge < -0.3 is 25.7 Å². The summed E-state index contributed by atoms with van der Waals surface area (Å²) in [6, 6.07) is 16.8. The monoisotopic (exact) mass is 940 g/mol. The largest absolute Gasteiger partial charge is 0.477 e. The molecular weight excluding hydrogens is 893 g/mol. The predicted molar refractivity (Wildman–Crippen MR) is 254 cm³/mol. The molecule has 19 nitrogen and oxygen atoms in total. The third-order valence-electron chi connectivity index (χ3n) is 14.6. The average Bonchev–Trinajstić information content (AvgIpc) is 3.38. The van der Waals surface area contributed by atoms with E-state index in [4.69, 9.17) is 19.9 Å². The fourth-order valence-electron chi connectivity index (χ4n) is 10.9. The van der Waals surface area contributed by atoms with Crippen LogP contribution in [-0.4, -0.2) is 130 Å². The molecule has 6 aliphatic rings. The van der Waals surface area contributed by atoms with Crippen LogP contribution in [0.25, 0.3) is 45.2 Å².